The summed E-state index contributed by atoms with van der Waals surface area (Å²) in [6, 6.07) is 7.87. The van der Waals surface area contributed by atoms with Crippen LogP contribution in [0.25, 0.3) is 11.0 Å². The lowest BCUT2D eigenvalue weighted by molar-refractivity contribution is -0.137. The third kappa shape index (κ3) is 5.32. The summed E-state index contributed by atoms with van der Waals surface area (Å²) >= 11 is 0. The Bertz CT molecular complexity index is 1620. The molecule has 1 aliphatic rings. The Morgan fingerprint density at radius 1 is 0.974 bits per heavy atom. The van der Waals surface area contributed by atoms with E-state index in [-0.39, 0.29) is 34.7 Å². The van der Waals surface area contributed by atoms with Crippen LogP contribution in [0.3, 0.4) is 0 Å². The van der Waals surface area contributed by atoms with Gasteiger partial charge in [0.1, 0.15) is 16.9 Å². The molecule has 5 rings (SSSR count). The fourth-order valence-corrected chi connectivity index (χ4v) is 4.57. The second kappa shape index (κ2) is 10.1. The summed E-state index contributed by atoms with van der Waals surface area (Å²) in [6.07, 6.45) is 6.60. The molecular weight excluding hydrogens is 518 g/mol. The molecule has 0 bridgehead atoms. The lowest BCUT2D eigenvalue weighted by Gasteiger charge is -2.36. The Morgan fingerprint density at radius 2 is 1.77 bits per heavy atom. The Morgan fingerprint density at radius 3 is 2.51 bits per heavy atom. The van der Waals surface area contributed by atoms with E-state index in [0.717, 1.165) is 23.8 Å². The van der Waals surface area contributed by atoms with Crippen LogP contribution >= 0.6 is 0 Å². The molecule has 0 saturated carbocycles. The zero-order valence-corrected chi connectivity index (χ0v) is 20.6. The van der Waals surface area contributed by atoms with Gasteiger partial charge in [0.15, 0.2) is 11.6 Å². The normalized spacial score (nSPS) is 15.2. The molecule has 2 heterocycles. The fraction of sp³-hybridized carbons (Fsp3) is 0.172. The minimum absolute atomic E-state index is 0.0124. The van der Waals surface area contributed by atoms with E-state index in [9.17, 15) is 26.3 Å². The van der Waals surface area contributed by atoms with Crippen molar-refractivity contribution in [2.75, 3.05) is 5.32 Å². The maximum absolute atomic E-state index is 14.8. The van der Waals surface area contributed by atoms with E-state index in [1.54, 1.807) is 31.3 Å². The number of halogens is 6. The fourth-order valence-electron chi connectivity index (χ4n) is 4.57. The minimum atomic E-state index is -4.83. The van der Waals surface area contributed by atoms with Gasteiger partial charge in [0, 0.05) is 12.6 Å². The molecule has 1 aliphatic carbocycles. The highest BCUT2D eigenvalue weighted by molar-refractivity contribution is 5.78. The SMILES string of the molecule is Cc1ccc(C(CC2=CC=CCC=C2)(Nc2nc3c(F)c(F)ccc3[nH]2)c2cc(F)cc(C(F)(F)F)c2)nc1. The summed E-state index contributed by atoms with van der Waals surface area (Å²) in [4.78, 5) is 11.5. The van der Waals surface area contributed by atoms with Gasteiger partial charge in [-0.1, -0.05) is 36.4 Å². The van der Waals surface area contributed by atoms with Crippen molar-refractivity contribution in [1.82, 2.24) is 15.0 Å². The molecule has 1 atom stereocenters. The number of anilines is 1. The summed E-state index contributed by atoms with van der Waals surface area (Å²) in [5.41, 5.74) is -1.26. The highest BCUT2D eigenvalue weighted by atomic mass is 19.4. The number of imidazole rings is 1. The minimum Gasteiger partial charge on any atom is -0.340 e. The van der Waals surface area contributed by atoms with Crippen LogP contribution in [-0.4, -0.2) is 15.0 Å². The van der Waals surface area contributed by atoms with Crippen molar-refractivity contribution in [2.24, 2.45) is 0 Å². The van der Waals surface area contributed by atoms with Crippen LogP contribution in [0.4, 0.5) is 32.3 Å². The highest BCUT2D eigenvalue weighted by Crippen LogP contribution is 2.41. The average Bonchev–Trinajstić information content (AvgIpc) is 3.12. The van der Waals surface area contributed by atoms with Crippen molar-refractivity contribution in [3.63, 3.8) is 0 Å². The molecule has 1 unspecified atom stereocenters. The number of nitrogens with zero attached hydrogens (tertiary/aromatic N) is 2. The van der Waals surface area contributed by atoms with Crippen molar-refractivity contribution in [1.29, 1.82) is 0 Å². The van der Waals surface area contributed by atoms with Gasteiger partial charge in [0.05, 0.1) is 16.8 Å². The number of benzene rings is 2. The van der Waals surface area contributed by atoms with Crippen LogP contribution in [0.15, 0.2) is 84.6 Å². The van der Waals surface area contributed by atoms with Crippen LogP contribution < -0.4 is 5.32 Å². The molecule has 39 heavy (non-hydrogen) atoms. The van der Waals surface area contributed by atoms with Gasteiger partial charge < -0.3 is 10.3 Å². The molecule has 2 aromatic heterocycles. The molecule has 2 aromatic carbocycles. The molecule has 4 aromatic rings. The number of aromatic nitrogens is 3. The summed E-state index contributed by atoms with van der Waals surface area (Å²) in [5, 5.41) is 3.10. The van der Waals surface area contributed by atoms with Gasteiger partial charge in [-0.15, -0.1) is 0 Å². The van der Waals surface area contributed by atoms with Gasteiger partial charge in [-0.3, -0.25) is 4.98 Å². The molecule has 0 aliphatic heterocycles. The molecule has 200 valence electrons. The zero-order valence-electron chi connectivity index (χ0n) is 20.6. The van der Waals surface area contributed by atoms with Crippen molar-refractivity contribution in [2.45, 2.75) is 31.5 Å². The Kier molecular flexibility index (Phi) is 6.80. The van der Waals surface area contributed by atoms with E-state index in [2.05, 4.69) is 20.3 Å². The molecule has 0 radical (unpaired) electrons. The van der Waals surface area contributed by atoms with E-state index in [0.29, 0.717) is 18.1 Å². The maximum atomic E-state index is 14.8. The Labute approximate surface area is 219 Å². The van der Waals surface area contributed by atoms with Crippen LogP contribution in [0.2, 0.25) is 0 Å². The van der Waals surface area contributed by atoms with Gasteiger partial charge in [0.25, 0.3) is 0 Å². The molecule has 4 nitrogen and oxygen atoms in total. The van der Waals surface area contributed by atoms with Gasteiger partial charge in [0.2, 0.25) is 5.95 Å². The Hall–Kier alpha value is -4.34. The summed E-state index contributed by atoms with van der Waals surface area (Å²) in [7, 11) is 0. The topological polar surface area (TPSA) is 53.6 Å². The number of pyridine rings is 1. The number of hydrogen-bond donors (Lipinski definition) is 2. The second-order valence-corrected chi connectivity index (χ2v) is 9.30. The number of aromatic amines is 1. The van der Waals surface area contributed by atoms with Gasteiger partial charge in [-0.25, -0.2) is 18.2 Å². The number of allylic oxidation sites excluding steroid dienone is 5. The van der Waals surface area contributed by atoms with Crippen LogP contribution in [0, 0.1) is 24.4 Å². The van der Waals surface area contributed by atoms with E-state index >= 15 is 0 Å². The maximum Gasteiger partial charge on any atom is 0.416 e. The van der Waals surface area contributed by atoms with Gasteiger partial charge in [-0.05, 0) is 66.4 Å². The number of alkyl halides is 3. The first kappa shape index (κ1) is 26.3. The molecule has 0 amide bonds. The Balaban J connectivity index is 1.78. The van der Waals surface area contributed by atoms with Gasteiger partial charge >= 0.3 is 6.18 Å². The smallest absolute Gasteiger partial charge is 0.340 e. The van der Waals surface area contributed by atoms with E-state index < -0.39 is 34.7 Å². The number of rotatable bonds is 6. The molecule has 0 fully saturated rings. The number of aryl methyl sites for hydroxylation is 1. The highest BCUT2D eigenvalue weighted by Gasteiger charge is 2.40. The van der Waals surface area contributed by atoms with Crippen LogP contribution in [-0.2, 0) is 11.7 Å². The van der Waals surface area contributed by atoms with Crippen molar-refractivity contribution in [3.8, 4) is 0 Å². The van der Waals surface area contributed by atoms with E-state index in [4.69, 9.17) is 0 Å². The predicted molar refractivity (Wildman–Crippen MR) is 136 cm³/mol. The van der Waals surface area contributed by atoms with E-state index in [1.165, 1.54) is 6.07 Å². The molecular formula is C29H22F6N4. The first-order valence-electron chi connectivity index (χ1n) is 12.0. The number of hydrogen-bond acceptors (Lipinski definition) is 3. The van der Waals surface area contributed by atoms with Crippen LogP contribution in [0.1, 0.15) is 35.2 Å². The van der Waals surface area contributed by atoms with Crippen molar-refractivity contribution in [3.05, 3.63) is 124 Å². The van der Waals surface area contributed by atoms with Crippen molar-refractivity contribution < 1.29 is 26.3 Å². The molecule has 10 heteroatoms. The summed E-state index contributed by atoms with van der Waals surface area (Å²) in [6.45, 7) is 1.80. The first-order valence-corrected chi connectivity index (χ1v) is 12.0. The monoisotopic (exact) mass is 540 g/mol. The lowest BCUT2D eigenvalue weighted by Crippen LogP contribution is -2.39. The molecule has 0 saturated heterocycles. The predicted octanol–water partition coefficient (Wildman–Crippen LogP) is 7.89. The molecule has 2 N–H and O–H groups in total. The average molecular weight is 541 g/mol. The van der Waals surface area contributed by atoms with Gasteiger partial charge in [-0.2, -0.15) is 13.2 Å². The number of H-pyrrole nitrogens is 1. The number of nitrogens with one attached hydrogen (secondary N) is 2. The first-order chi connectivity index (χ1) is 18.5. The standard InChI is InChI=1S/C29H22F6N4/c1-17-8-11-24(36-16-17)28(15-18-6-4-2-3-5-7-18,19-12-20(29(33,34)35)14-21(30)13-19)39-27-37-23-10-9-22(31)25(32)26(23)38-27/h2,4-14,16H,3,15H2,1H3,(H2,37,38,39). The molecule has 0 spiro atoms. The third-order valence-electron chi connectivity index (χ3n) is 6.46. The van der Waals surface area contributed by atoms with Crippen molar-refractivity contribution >= 4 is 17.0 Å². The zero-order chi connectivity index (χ0) is 27.8. The number of fused-ring (bicyclic) bond motifs is 1. The lowest BCUT2D eigenvalue weighted by atomic mass is 9.79. The summed E-state index contributed by atoms with van der Waals surface area (Å²) in [5.74, 6) is -3.45. The van der Waals surface area contributed by atoms with E-state index in [1.807, 2.05) is 24.3 Å². The second-order valence-electron chi connectivity index (χ2n) is 9.30. The summed E-state index contributed by atoms with van der Waals surface area (Å²) < 4.78 is 84.7. The van der Waals surface area contributed by atoms with Crippen LogP contribution in [0.5, 0.6) is 0 Å². The largest absolute Gasteiger partial charge is 0.416 e. The quantitative estimate of drug-likeness (QED) is 0.245. The third-order valence-corrected chi connectivity index (χ3v) is 6.46.